The monoisotopic (exact) mass is 610 g/mol. The number of amides is 1. The van der Waals surface area contributed by atoms with Crippen molar-refractivity contribution in [1.29, 1.82) is 5.26 Å². The van der Waals surface area contributed by atoms with Gasteiger partial charge in [-0.25, -0.2) is 9.50 Å². The van der Waals surface area contributed by atoms with E-state index in [2.05, 4.69) is 66.8 Å². The topological polar surface area (TPSA) is 99.7 Å². The van der Waals surface area contributed by atoms with Crippen LogP contribution in [0.5, 0.6) is 5.75 Å². The Balaban J connectivity index is 0.931. The normalized spacial score (nSPS) is 27.2. The number of anilines is 1. The molecule has 12 heteroatoms. The minimum atomic E-state index is 0.250. The molecule has 7 fully saturated rings. The van der Waals surface area contributed by atoms with Crippen molar-refractivity contribution in [3.63, 3.8) is 0 Å². The van der Waals surface area contributed by atoms with Crippen LogP contribution in [0.1, 0.15) is 18.4 Å². The van der Waals surface area contributed by atoms with E-state index in [-0.39, 0.29) is 18.0 Å². The molecular weight excluding hydrogens is 568 g/mol. The van der Waals surface area contributed by atoms with Crippen LogP contribution >= 0.6 is 0 Å². The predicted octanol–water partition coefficient (Wildman–Crippen LogP) is 1.07. The van der Waals surface area contributed by atoms with Gasteiger partial charge in [0.25, 0.3) is 0 Å². The number of likely N-dealkylation sites (N-methyl/N-ethyl adjacent to an activating group) is 2. The number of hydrogen-bond acceptors (Lipinski definition) is 10. The van der Waals surface area contributed by atoms with Gasteiger partial charge in [-0.15, -0.1) is 0 Å². The minimum absolute atomic E-state index is 0.250. The fraction of sp³-hybridized carbons (Fsp3) is 0.576. The Morgan fingerprint density at radius 1 is 0.978 bits per heavy atom. The molecule has 3 aromatic rings. The summed E-state index contributed by atoms with van der Waals surface area (Å²) in [6.07, 6.45) is 7.74. The summed E-state index contributed by atoms with van der Waals surface area (Å²) >= 11 is 0. The van der Waals surface area contributed by atoms with Crippen LogP contribution in [0.4, 0.5) is 5.82 Å². The number of pyridine rings is 2. The molecular formula is C33H42N10O2. The maximum Gasteiger partial charge on any atom is 0.237 e. The SMILES string of the molecule is CN1CCN(CC(=O)N2C3CC2CN(c2ccc(-c4cc(OCCN5CC6CC(C5)N6C)cn5ncc(C#N)c45)cn2)C3)CC1. The highest BCUT2D eigenvalue weighted by Gasteiger charge is 2.47. The fourth-order valence-corrected chi connectivity index (χ4v) is 8.05. The van der Waals surface area contributed by atoms with Gasteiger partial charge in [-0.2, -0.15) is 10.4 Å². The largest absolute Gasteiger partial charge is 0.491 e. The van der Waals surface area contributed by atoms with Crippen molar-refractivity contribution in [3.05, 3.63) is 42.4 Å². The molecule has 10 rings (SSSR count). The third-order valence-corrected chi connectivity index (χ3v) is 10.8. The number of nitrogens with zero attached hydrogens (tertiary/aromatic N) is 10. The molecule has 10 heterocycles. The van der Waals surface area contributed by atoms with Crippen LogP contribution < -0.4 is 9.64 Å². The van der Waals surface area contributed by atoms with Crippen LogP contribution in [0, 0.1) is 11.3 Å². The second-order valence-electron chi connectivity index (χ2n) is 13.6. The molecule has 3 aromatic heterocycles. The number of fused-ring (bicyclic) bond motifs is 5. The molecule has 0 N–H and O–H groups in total. The van der Waals surface area contributed by atoms with Gasteiger partial charge < -0.3 is 19.4 Å². The van der Waals surface area contributed by atoms with Gasteiger partial charge in [0.05, 0.1) is 42.1 Å². The van der Waals surface area contributed by atoms with Gasteiger partial charge in [-0.3, -0.25) is 19.5 Å². The average molecular weight is 611 g/mol. The van der Waals surface area contributed by atoms with Crippen LogP contribution in [0.25, 0.3) is 16.6 Å². The van der Waals surface area contributed by atoms with Crippen molar-refractivity contribution in [3.8, 4) is 22.9 Å². The molecule has 0 saturated carbocycles. The van der Waals surface area contributed by atoms with Gasteiger partial charge in [0.2, 0.25) is 5.91 Å². The zero-order valence-electron chi connectivity index (χ0n) is 26.3. The molecule has 4 unspecified atom stereocenters. The van der Waals surface area contributed by atoms with Crippen molar-refractivity contribution >= 4 is 17.2 Å². The Labute approximate surface area is 264 Å². The zero-order valence-corrected chi connectivity index (χ0v) is 26.3. The quantitative estimate of drug-likeness (QED) is 0.368. The number of rotatable bonds is 8. The minimum Gasteiger partial charge on any atom is -0.491 e. The number of ether oxygens (including phenoxy) is 1. The smallest absolute Gasteiger partial charge is 0.237 e. The molecule has 4 atom stereocenters. The van der Waals surface area contributed by atoms with E-state index in [0.29, 0.717) is 30.8 Å². The third-order valence-electron chi connectivity index (χ3n) is 10.8. The molecule has 236 valence electrons. The molecule has 0 spiro atoms. The van der Waals surface area contributed by atoms with E-state index in [9.17, 15) is 10.1 Å². The molecule has 4 bridgehead atoms. The second kappa shape index (κ2) is 11.6. The zero-order chi connectivity index (χ0) is 30.7. The number of carbonyl (C=O) groups excluding carboxylic acids is 1. The van der Waals surface area contributed by atoms with E-state index >= 15 is 0 Å². The van der Waals surface area contributed by atoms with Crippen LogP contribution in [0.15, 0.2) is 36.8 Å². The van der Waals surface area contributed by atoms with Crippen molar-refractivity contribution in [2.24, 2.45) is 0 Å². The van der Waals surface area contributed by atoms with Gasteiger partial charge in [0, 0.05) is 88.3 Å². The summed E-state index contributed by atoms with van der Waals surface area (Å²) in [6, 6.07) is 10.3. The number of nitriles is 1. The number of piperazine rings is 3. The molecule has 0 radical (unpaired) electrons. The highest BCUT2D eigenvalue weighted by Crippen LogP contribution is 2.36. The average Bonchev–Trinajstić information content (AvgIpc) is 3.48. The Kier molecular flexibility index (Phi) is 7.37. The summed E-state index contributed by atoms with van der Waals surface area (Å²) in [5.74, 6) is 1.91. The van der Waals surface area contributed by atoms with Crippen LogP contribution in [-0.4, -0.2) is 155 Å². The molecule has 0 aliphatic carbocycles. The third kappa shape index (κ3) is 5.31. The number of carbonyl (C=O) groups is 1. The van der Waals surface area contributed by atoms with E-state index in [0.717, 1.165) is 93.5 Å². The number of piperidine rings is 2. The van der Waals surface area contributed by atoms with Gasteiger partial charge in [-0.05, 0) is 45.1 Å². The highest BCUT2D eigenvalue weighted by atomic mass is 16.5. The van der Waals surface area contributed by atoms with Crippen molar-refractivity contribution < 1.29 is 9.53 Å². The van der Waals surface area contributed by atoms with Crippen LogP contribution in [0.2, 0.25) is 0 Å². The lowest BCUT2D eigenvalue weighted by Gasteiger charge is -2.57. The maximum atomic E-state index is 13.2. The number of hydrogen-bond donors (Lipinski definition) is 0. The first-order chi connectivity index (χ1) is 21.9. The molecule has 12 nitrogen and oxygen atoms in total. The molecule has 0 aromatic carbocycles. The van der Waals surface area contributed by atoms with E-state index in [1.54, 1.807) is 10.7 Å². The summed E-state index contributed by atoms with van der Waals surface area (Å²) in [6.45, 7) is 9.81. The summed E-state index contributed by atoms with van der Waals surface area (Å²) in [5.41, 5.74) is 3.07. The molecule has 7 aliphatic heterocycles. The number of aromatic nitrogens is 3. The lowest BCUT2D eigenvalue weighted by atomic mass is 9.87. The highest BCUT2D eigenvalue weighted by molar-refractivity contribution is 5.85. The first-order valence-electron chi connectivity index (χ1n) is 16.4. The fourth-order valence-electron chi connectivity index (χ4n) is 8.05. The summed E-state index contributed by atoms with van der Waals surface area (Å²) < 4.78 is 8.00. The van der Waals surface area contributed by atoms with Crippen molar-refractivity contribution in [2.45, 2.75) is 37.0 Å². The maximum absolute atomic E-state index is 13.2. The van der Waals surface area contributed by atoms with Crippen LogP contribution in [-0.2, 0) is 4.79 Å². The van der Waals surface area contributed by atoms with E-state index in [1.165, 1.54) is 6.42 Å². The Bertz CT molecular complexity index is 1590. The molecule has 7 aliphatic rings. The van der Waals surface area contributed by atoms with Gasteiger partial charge in [0.15, 0.2) is 0 Å². The lowest BCUT2D eigenvalue weighted by Crippen LogP contribution is -2.71. The second-order valence-corrected chi connectivity index (χ2v) is 13.6. The molecule has 1 amide bonds. The van der Waals surface area contributed by atoms with E-state index in [4.69, 9.17) is 9.72 Å². The predicted molar refractivity (Wildman–Crippen MR) is 170 cm³/mol. The van der Waals surface area contributed by atoms with Crippen molar-refractivity contribution in [2.75, 3.05) is 91.0 Å². The van der Waals surface area contributed by atoms with Crippen molar-refractivity contribution in [1.82, 2.24) is 39.1 Å². The summed E-state index contributed by atoms with van der Waals surface area (Å²) in [7, 11) is 4.37. The Morgan fingerprint density at radius 2 is 1.73 bits per heavy atom. The summed E-state index contributed by atoms with van der Waals surface area (Å²) in [5, 5.41) is 14.3. The van der Waals surface area contributed by atoms with E-state index < -0.39 is 0 Å². The lowest BCUT2D eigenvalue weighted by molar-refractivity contribution is -0.147. The first-order valence-corrected chi connectivity index (χ1v) is 16.4. The molecule has 45 heavy (non-hydrogen) atoms. The van der Waals surface area contributed by atoms with Crippen LogP contribution in [0.3, 0.4) is 0 Å². The Hall–Kier alpha value is -3.76. The molecule has 7 saturated heterocycles. The Morgan fingerprint density at radius 3 is 2.42 bits per heavy atom. The van der Waals surface area contributed by atoms with E-state index in [1.807, 2.05) is 18.5 Å². The van der Waals surface area contributed by atoms with Gasteiger partial charge >= 0.3 is 0 Å². The van der Waals surface area contributed by atoms with Gasteiger partial charge in [-0.1, -0.05) is 0 Å². The van der Waals surface area contributed by atoms with Gasteiger partial charge in [0.1, 0.15) is 24.2 Å². The summed E-state index contributed by atoms with van der Waals surface area (Å²) in [4.78, 5) is 32.1. The first kappa shape index (κ1) is 28.7. The standard InChI is InChI=1S/C33H42N10O2/c1-37-5-7-39(8-6-37)22-32(44)43-27-12-28(43)20-41(19-27)31-4-3-23(15-35-31)30-13-29(21-42-33(30)24(14-34)16-36-42)45-10-9-40-17-25-11-26(18-40)38(25)2/h3-4,13,15-16,21,25-28H,5-12,17-20,22H2,1-2H3.